The first-order chi connectivity index (χ1) is 9.20. The van der Waals surface area contributed by atoms with Gasteiger partial charge in [-0.15, -0.1) is 0 Å². The number of rotatable bonds is 5. The third-order valence-electron chi connectivity index (χ3n) is 2.53. The van der Waals surface area contributed by atoms with E-state index in [0.717, 1.165) is 11.3 Å². The monoisotopic (exact) mass is 274 g/mol. The summed E-state index contributed by atoms with van der Waals surface area (Å²) in [5, 5.41) is 3.25. The Balaban J connectivity index is 2.12. The van der Waals surface area contributed by atoms with Crippen molar-refractivity contribution in [3.63, 3.8) is 0 Å². The van der Waals surface area contributed by atoms with Gasteiger partial charge in [-0.1, -0.05) is 12.2 Å². The van der Waals surface area contributed by atoms with E-state index in [1.165, 1.54) is 0 Å². The van der Waals surface area contributed by atoms with Crippen LogP contribution >= 0.6 is 12.2 Å². The van der Waals surface area contributed by atoms with Crippen molar-refractivity contribution in [2.24, 2.45) is 5.73 Å². The van der Waals surface area contributed by atoms with Crippen molar-refractivity contribution in [2.75, 3.05) is 12.4 Å². The van der Waals surface area contributed by atoms with Crippen molar-refractivity contribution in [1.29, 1.82) is 0 Å². The van der Waals surface area contributed by atoms with Gasteiger partial charge in [0.1, 0.15) is 10.7 Å². The van der Waals surface area contributed by atoms with Gasteiger partial charge in [-0.25, -0.2) is 4.98 Å². The van der Waals surface area contributed by atoms with Crippen LogP contribution < -0.4 is 15.8 Å². The fourth-order valence-corrected chi connectivity index (χ4v) is 1.78. The standard InChI is InChI=1S/C13H14N4OS/c1-18-11-7-9(4-6-15-11)8-17-10-3-2-5-16-12(10)13(14)19/h2-7,17H,8H2,1H3,(H2,14,19). The average molecular weight is 274 g/mol. The maximum absolute atomic E-state index is 5.63. The first-order valence-corrected chi connectivity index (χ1v) is 6.09. The van der Waals surface area contributed by atoms with Crippen molar-refractivity contribution in [3.8, 4) is 5.88 Å². The van der Waals surface area contributed by atoms with Crippen LogP contribution in [0.4, 0.5) is 5.69 Å². The minimum atomic E-state index is 0.274. The van der Waals surface area contributed by atoms with E-state index in [-0.39, 0.29) is 4.99 Å². The molecule has 3 N–H and O–H groups in total. The first-order valence-electron chi connectivity index (χ1n) is 5.68. The van der Waals surface area contributed by atoms with Crippen LogP contribution in [0.5, 0.6) is 5.88 Å². The highest BCUT2D eigenvalue weighted by Gasteiger charge is 2.05. The Morgan fingerprint density at radius 3 is 2.95 bits per heavy atom. The van der Waals surface area contributed by atoms with Gasteiger partial charge in [0.15, 0.2) is 0 Å². The summed E-state index contributed by atoms with van der Waals surface area (Å²) in [5.41, 5.74) is 8.08. The molecule has 0 saturated heterocycles. The van der Waals surface area contributed by atoms with Crippen LogP contribution in [0.2, 0.25) is 0 Å². The number of thiocarbonyl (C=S) groups is 1. The highest BCUT2D eigenvalue weighted by Crippen LogP contribution is 2.15. The van der Waals surface area contributed by atoms with E-state index in [0.29, 0.717) is 18.1 Å². The van der Waals surface area contributed by atoms with E-state index < -0.39 is 0 Å². The Bertz CT molecular complexity index is 588. The second-order valence-electron chi connectivity index (χ2n) is 3.82. The number of ether oxygens (including phenoxy) is 1. The normalized spacial score (nSPS) is 9.95. The number of pyridine rings is 2. The van der Waals surface area contributed by atoms with Crippen LogP contribution in [0.15, 0.2) is 36.7 Å². The molecule has 0 atom stereocenters. The Morgan fingerprint density at radius 1 is 1.37 bits per heavy atom. The number of nitrogens with two attached hydrogens (primary N) is 1. The summed E-state index contributed by atoms with van der Waals surface area (Å²) in [5.74, 6) is 0.583. The molecule has 6 heteroatoms. The maximum Gasteiger partial charge on any atom is 0.213 e. The lowest BCUT2D eigenvalue weighted by atomic mass is 10.2. The van der Waals surface area contributed by atoms with E-state index in [1.807, 2.05) is 24.3 Å². The summed E-state index contributed by atoms with van der Waals surface area (Å²) in [6.45, 7) is 0.611. The SMILES string of the molecule is COc1cc(CNc2cccnc2C(N)=S)ccn1. The molecule has 5 nitrogen and oxygen atoms in total. The quantitative estimate of drug-likeness (QED) is 0.809. The predicted molar refractivity (Wildman–Crippen MR) is 78.2 cm³/mol. The molecule has 2 rings (SSSR count). The van der Waals surface area contributed by atoms with Crippen LogP contribution in [0.1, 0.15) is 11.3 Å². The molecular weight excluding hydrogens is 260 g/mol. The average Bonchev–Trinajstić information content (AvgIpc) is 2.45. The van der Waals surface area contributed by atoms with Crippen LogP contribution in [-0.4, -0.2) is 22.1 Å². The number of nitrogens with one attached hydrogen (secondary N) is 1. The molecule has 2 aromatic rings. The molecule has 0 aliphatic heterocycles. The topological polar surface area (TPSA) is 73.1 Å². The number of anilines is 1. The second kappa shape index (κ2) is 6.10. The van der Waals surface area contributed by atoms with Crippen LogP contribution in [0, 0.1) is 0 Å². The molecule has 98 valence electrons. The number of hydrogen-bond donors (Lipinski definition) is 2. The molecule has 0 aromatic carbocycles. The van der Waals surface area contributed by atoms with Gasteiger partial charge < -0.3 is 15.8 Å². The number of aromatic nitrogens is 2. The van der Waals surface area contributed by atoms with Crippen LogP contribution in [0.25, 0.3) is 0 Å². The summed E-state index contributed by atoms with van der Waals surface area (Å²) in [6.07, 6.45) is 3.36. The molecule has 2 aromatic heterocycles. The van der Waals surface area contributed by atoms with Gasteiger partial charge in [-0.2, -0.15) is 0 Å². The third-order valence-corrected chi connectivity index (χ3v) is 2.73. The summed E-state index contributed by atoms with van der Waals surface area (Å²) in [7, 11) is 1.59. The predicted octanol–water partition coefficient (Wildman–Crippen LogP) is 1.73. The zero-order chi connectivity index (χ0) is 13.7. The van der Waals surface area contributed by atoms with E-state index in [4.69, 9.17) is 22.7 Å². The zero-order valence-electron chi connectivity index (χ0n) is 10.5. The van der Waals surface area contributed by atoms with E-state index >= 15 is 0 Å². The van der Waals surface area contributed by atoms with Gasteiger partial charge in [0.25, 0.3) is 0 Å². The minimum absolute atomic E-state index is 0.274. The van der Waals surface area contributed by atoms with Crippen molar-refractivity contribution in [1.82, 2.24) is 9.97 Å². The van der Waals surface area contributed by atoms with Crippen molar-refractivity contribution in [3.05, 3.63) is 47.9 Å². The molecule has 0 saturated carbocycles. The summed E-state index contributed by atoms with van der Waals surface area (Å²) < 4.78 is 5.08. The summed E-state index contributed by atoms with van der Waals surface area (Å²) in [4.78, 5) is 8.49. The molecule has 0 aliphatic rings. The van der Waals surface area contributed by atoms with E-state index in [1.54, 1.807) is 19.5 Å². The second-order valence-corrected chi connectivity index (χ2v) is 4.26. The zero-order valence-corrected chi connectivity index (χ0v) is 11.3. The molecule has 0 amide bonds. The molecular formula is C13H14N4OS. The molecule has 0 unspecified atom stereocenters. The summed E-state index contributed by atoms with van der Waals surface area (Å²) >= 11 is 4.97. The molecule has 0 aliphatic carbocycles. The van der Waals surface area contributed by atoms with Gasteiger partial charge in [0.05, 0.1) is 12.8 Å². The molecule has 0 fully saturated rings. The Labute approximate surface area is 116 Å². The number of hydrogen-bond acceptors (Lipinski definition) is 5. The Morgan fingerprint density at radius 2 is 2.21 bits per heavy atom. The van der Waals surface area contributed by atoms with Crippen LogP contribution in [-0.2, 0) is 6.54 Å². The Hall–Kier alpha value is -2.21. The fourth-order valence-electron chi connectivity index (χ4n) is 1.61. The lowest BCUT2D eigenvalue weighted by Gasteiger charge is -2.10. The lowest BCUT2D eigenvalue weighted by molar-refractivity contribution is 0.397. The fraction of sp³-hybridized carbons (Fsp3) is 0.154. The Kier molecular flexibility index (Phi) is 4.25. The molecule has 19 heavy (non-hydrogen) atoms. The van der Waals surface area contributed by atoms with E-state index in [2.05, 4.69) is 15.3 Å². The number of methoxy groups -OCH3 is 1. The van der Waals surface area contributed by atoms with Crippen molar-refractivity contribution < 1.29 is 4.74 Å². The van der Waals surface area contributed by atoms with Crippen LogP contribution in [0.3, 0.4) is 0 Å². The first kappa shape index (κ1) is 13.2. The van der Waals surface area contributed by atoms with E-state index in [9.17, 15) is 0 Å². The molecule has 0 spiro atoms. The highest BCUT2D eigenvalue weighted by atomic mass is 32.1. The highest BCUT2D eigenvalue weighted by molar-refractivity contribution is 7.80. The molecule has 2 heterocycles. The molecule has 0 radical (unpaired) electrons. The smallest absolute Gasteiger partial charge is 0.213 e. The maximum atomic E-state index is 5.63. The van der Waals surface area contributed by atoms with Crippen molar-refractivity contribution >= 4 is 22.9 Å². The lowest BCUT2D eigenvalue weighted by Crippen LogP contribution is -2.15. The molecule has 0 bridgehead atoms. The van der Waals surface area contributed by atoms with Gasteiger partial charge >= 0.3 is 0 Å². The summed E-state index contributed by atoms with van der Waals surface area (Å²) in [6, 6.07) is 7.49. The third kappa shape index (κ3) is 3.38. The van der Waals surface area contributed by atoms with Gasteiger partial charge in [0, 0.05) is 25.0 Å². The van der Waals surface area contributed by atoms with Gasteiger partial charge in [0.2, 0.25) is 5.88 Å². The van der Waals surface area contributed by atoms with Crippen molar-refractivity contribution in [2.45, 2.75) is 6.54 Å². The largest absolute Gasteiger partial charge is 0.481 e. The number of nitrogens with zero attached hydrogens (tertiary/aromatic N) is 2. The van der Waals surface area contributed by atoms with Gasteiger partial charge in [-0.3, -0.25) is 4.98 Å². The van der Waals surface area contributed by atoms with Gasteiger partial charge in [-0.05, 0) is 23.8 Å². The minimum Gasteiger partial charge on any atom is -0.481 e.